The second-order valence-corrected chi connectivity index (χ2v) is 4.43. The van der Waals surface area contributed by atoms with Gasteiger partial charge < -0.3 is 14.5 Å². The number of nitrogens with zero attached hydrogens (tertiary/aromatic N) is 1. The highest BCUT2D eigenvalue weighted by atomic mass is 16.5. The Labute approximate surface area is 118 Å². The normalized spacial score (nSPS) is 10.2. The molecule has 0 unspecified atom stereocenters. The predicted molar refractivity (Wildman–Crippen MR) is 74.5 cm³/mol. The van der Waals surface area contributed by atoms with E-state index in [1.54, 1.807) is 13.4 Å². The number of carbonyl (C=O) groups excluding carboxylic acids is 1. The van der Waals surface area contributed by atoms with Crippen LogP contribution in [0, 0.1) is 0 Å². The van der Waals surface area contributed by atoms with Crippen LogP contribution < -0.4 is 10.1 Å². The highest BCUT2D eigenvalue weighted by Crippen LogP contribution is 2.12. The Balaban J connectivity index is 1.68. The van der Waals surface area contributed by atoms with Crippen molar-refractivity contribution in [3.8, 4) is 5.75 Å². The minimum absolute atomic E-state index is 0.0240. The van der Waals surface area contributed by atoms with Crippen LogP contribution >= 0.6 is 0 Å². The van der Waals surface area contributed by atoms with Crippen LogP contribution in [0.4, 0.5) is 0 Å². The number of amides is 1. The van der Waals surface area contributed by atoms with Gasteiger partial charge in [-0.15, -0.1) is 0 Å². The molecule has 20 heavy (non-hydrogen) atoms. The number of rotatable bonds is 7. The Hall–Kier alpha value is -2.30. The lowest BCUT2D eigenvalue weighted by Crippen LogP contribution is -2.25. The van der Waals surface area contributed by atoms with Gasteiger partial charge in [0, 0.05) is 19.4 Å². The number of carbonyl (C=O) groups is 1. The maximum atomic E-state index is 11.7. The van der Waals surface area contributed by atoms with E-state index in [1.165, 1.54) is 6.39 Å². The monoisotopic (exact) mass is 274 g/mol. The van der Waals surface area contributed by atoms with Gasteiger partial charge in [0.2, 0.25) is 5.91 Å². The number of hydrogen-bond donors (Lipinski definition) is 1. The summed E-state index contributed by atoms with van der Waals surface area (Å²) >= 11 is 0. The molecule has 0 saturated carbocycles. The van der Waals surface area contributed by atoms with Gasteiger partial charge in [-0.1, -0.05) is 12.1 Å². The van der Waals surface area contributed by atoms with Crippen LogP contribution in [0.3, 0.4) is 0 Å². The molecule has 0 spiro atoms. The van der Waals surface area contributed by atoms with E-state index < -0.39 is 0 Å². The minimum Gasteiger partial charge on any atom is -0.497 e. The van der Waals surface area contributed by atoms with Crippen LogP contribution in [0.5, 0.6) is 5.75 Å². The summed E-state index contributed by atoms with van der Waals surface area (Å²) in [7, 11) is 1.64. The first-order chi connectivity index (χ1) is 9.78. The van der Waals surface area contributed by atoms with Gasteiger partial charge in [-0.3, -0.25) is 4.79 Å². The lowest BCUT2D eigenvalue weighted by Gasteiger charge is -2.06. The summed E-state index contributed by atoms with van der Waals surface area (Å²) < 4.78 is 10.0. The fourth-order valence-corrected chi connectivity index (χ4v) is 1.87. The van der Waals surface area contributed by atoms with Crippen molar-refractivity contribution >= 4 is 5.91 Å². The Morgan fingerprint density at radius 1 is 1.40 bits per heavy atom. The van der Waals surface area contributed by atoms with Crippen molar-refractivity contribution in [3.63, 3.8) is 0 Å². The van der Waals surface area contributed by atoms with Crippen LogP contribution in [0.1, 0.15) is 17.7 Å². The summed E-state index contributed by atoms with van der Waals surface area (Å²) in [5, 5.41) is 2.89. The Bertz CT molecular complexity index is 538. The second-order valence-electron chi connectivity index (χ2n) is 4.43. The van der Waals surface area contributed by atoms with Gasteiger partial charge in [0.1, 0.15) is 12.0 Å². The zero-order valence-corrected chi connectivity index (χ0v) is 11.5. The molecule has 106 valence electrons. The quantitative estimate of drug-likeness (QED) is 0.838. The third kappa shape index (κ3) is 4.42. The molecule has 0 fully saturated rings. The Morgan fingerprint density at radius 3 is 3.05 bits per heavy atom. The first kappa shape index (κ1) is 14.1. The van der Waals surface area contributed by atoms with E-state index in [0.717, 1.165) is 23.4 Å². The van der Waals surface area contributed by atoms with Crippen molar-refractivity contribution in [2.24, 2.45) is 0 Å². The molecule has 0 aliphatic heterocycles. The molecule has 1 heterocycles. The Kier molecular flexibility index (Phi) is 5.17. The lowest BCUT2D eigenvalue weighted by atomic mass is 10.1. The second kappa shape index (κ2) is 7.33. The smallest absolute Gasteiger partial charge is 0.220 e. The van der Waals surface area contributed by atoms with E-state index in [4.69, 9.17) is 9.15 Å². The van der Waals surface area contributed by atoms with Crippen molar-refractivity contribution in [2.75, 3.05) is 13.7 Å². The van der Waals surface area contributed by atoms with Crippen LogP contribution in [0.2, 0.25) is 0 Å². The number of benzene rings is 1. The number of aromatic nitrogens is 1. The number of nitrogens with one attached hydrogen (secondary N) is 1. The van der Waals surface area contributed by atoms with Crippen LogP contribution in [0.15, 0.2) is 41.3 Å². The molecule has 2 aromatic rings. The third-order valence-electron chi connectivity index (χ3n) is 2.96. The van der Waals surface area contributed by atoms with E-state index in [1.807, 2.05) is 24.3 Å². The average Bonchev–Trinajstić information content (AvgIpc) is 2.99. The summed E-state index contributed by atoms with van der Waals surface area (Å²) in [6.45, 7) is 0.616. The molecule has 0 radical (unpaired) electrons. The van der Waals surface area contributed by atoms with Crippen LogP contribution in [-0.4, -0.2) is 24.5 Å². The van der Waals surface area contributed by atoms with Gasteiger partial charge in [0.15, 0.2) is 6.39 Å². The van der Waals surface area contributed by atoms with E-state index in [9.17, 15) is 4.79 Å². The minimum atomic E-state index is 0.0240. The van der Waals surface area contributed by atoms with Gasteiger partial charge >= 0.3 is 0 Å². The number of hydrogen-bond acceptors (Lipinski definition) is 4. The molecule has 1 N–H and O–H groups in total. The zero-order valence-electron chi connectivity index (χ0n) is 11.5. The van der Waals surface area contributed by atoms with Gasteiger partial charge in [0.25, 0.3) is 0 Å². The van der Waals surface area contributed by atoms with Gasteiger partial charge in [-0.05, 0) is 24.1 Å². The van der Waals surface area contributed by atoms with E-state index >= 15 is 0 Å². The summed E-state index contributed by atoms with van der Waals surface area (Å²) in [6, 6.07) is 7.84. The molecule has 0 aliphatic carbocycles. The summed E-state index contributed by atoms with van der Waals surface area (Å²) in [4.78, 5) is 15.6. The van der Waals surface area contributed by atoms with Gasteiger partial charge in [0.05, 0.1) is 12.8 Å². The maximum absolute atomic E-state index is 11.7. The fourth-order valence-electron chi connectivity index (χ4n) is 1.87. The lowest BCUT2D eigenvalue weighted by molar-refractivity contribution is -0.121. The van der Waals surface area contributed by atoms with Crippen molar-refractivity contribution in [1.29, 1.82) is 0 Å². The highest BCUT2D eigenvalue weighted by molar-refractivity contribution is 5.76. The molecule has 0 atom stereocenters. The molecule has 1 aromatic carbocycles. The summed E-state index contributed by atoms with van der Waals surface area (Å²) in [5.74, 6) is 0.857. The third-order valence-corrected chi connectivity index (χ3v) is 2.96. The predicted octanol–water partition coefficient (Wildman–Crippen LogP) is 1.97. The molecule has 1 aromatic heterocycles. The fraction of sp³-hybridized carbons (Fsp3) is 0.333. The van der Waals surface area contributed by atoms with Crippen LogP contribution in [-0.2, 0) is 17.6 Å². The molecular formula is C15H18N2O3. The maximum Gasteiger partial charge on any atom is 0.220 e. The number of ether oxygens (including phenoxy) is 1. The molecule has 1 amide bonds. The molecular weight excluding hydrogens is 256 g/mol. The molecule has 5 nitrogen and oxygen atoms in total. The molecule has 0 bridgehead atoms. The number of methoxy groups -OCH3 is 1. The largest absolute Gasteiger partial charge is 0.497 e. The number of oxazole rings is 1. The topological polar surface area (TPSA) is 64.4 Å². The molecule has 2 rings (SSSR count). The van der Waals surface area contributed by atoms with Crippen molar-refractivity contribution in [1.82, 2.24) is 10.3 Å². The molecule has 0 aliphatic rings. The SMILES string of the molecule is COc1cccc(CCNC(=O)CCc2cocn2)c1. The average molecular weight is 274 g/mol. The van der Waals surface area contributed by atoms with E-state index in [2.05, 4.69) is 10.3 Å². The summed E-state index contributed by atoms with van der Waals surface area (Å²) in [6.07, 6.45) is 4.73. The van der Waals surface area contributed by atoms with E-state index in [-0.39, 0.29) is 5.91 Å². The highest BCUT2D eigenvalue weighted by Gasteiger charge is 2.04. The van der Waals surface area contributed by atoms with Gasteiger partial charge in [-0.2, -0.15) is 0 Å². The van der Waals surface area contributed by atoms with Crippen molar-refractivity contribution in [2.45, 2.75) is 19.3 Å². The van der Waals surface area contributed by atoms with Crippen LogP contribution in [0.25, 0.3) is 0 Å². The zero-order chi connectivity index (χ0) is 14.2. The molecule has 0 saturated heterocycles. The first-order valence-corrected chi connectivity index (χ1v) is 6.54. The summed E-state index contributed by atoms with van der Waals surface area (Å²) in [5.41, 5.74) is 1.94. The van der Waals surface area contributed by atoms with Crippen molar-refractivity contribution in [3.05, 3.63) is 48.2 Å². The van der Waals surface area contributed by atoms with Gasteiger partial charge in [-0.25, -0.2) is 4.98 Å². The standard InChI is InChI=1S/C15H18N2O3/c1-19-14-4-2-3-12(9-14)7-8-16-15(18)6-5-13-10-20-11-17-13/h2-4,9-11H,5-8H2,1H3,(H,16,18). The molecule has 5 heteroatoms. The van der Waals surface area contributed by atoms with Crippen molar-refractivity contribution < 1.29 is 13.9 Å². The number of aryl methyl sites for hydroxylation is 1. The first-order valence-electron chi connectivity index (χ1n) is 6.54. The Morgan fingerprint density at radius 2 is 2.30 bits per heavy atom. The van der Waals surface area contributed by atoms with E-state index in [0.29, 0.717) is 19.4 Å².